The first-order chi connectivity index (χ1) is 13.1. The lowest BCUT2D eigenvalue weighted by Crippen LogP contribution is -2.48. The predicted molar refractivity (Wildman–Crippen MR) is 103 cm³/mol. The number of benzene rings is 1. The maximum Gasteiger partial charge on any atom is 0.248 e. The van der Waals surface area contributed by atoms with Gasteiger partial charge in [-0.05, 0) is 31.9 Å². The van der Waals surface area contributed by atoms with E-state index in [1.807, 2.05) is 17.0 Å². The van der Waals surface area contributed by atoms with Crippen molar-refractivity contribution < 1.29 is 19.1 Å². The maximum absolute atomic E-state index is 12.8. The van der Waals surface area contributed by atoms with Crippen LogP contribution >= 0.6 is 0 Å². The lowest BCUT2D eigenvalue weighted by molar-refractivity contribution is -0.143. The minimum atomic E-state index is 0.0115. The number of hydrogen-bond acceptors (Lipinski definition) is 4. The number of rotatable bonds is 5. The molecule has 27 heavy (non-hydrogen) atoms. The Kier molecular flexibility index (Phi) is 6.72. The molecule has 2 aliphatic rings. The van der Waals surface area contributed by atoms with Gasteiger partial charge in [-0.1, -0.05) is 17.7 Å². The van der Waals surface area contributed by atoms with E-state index in [-0.39, 0.29) is 30.4 Å². The Labute approximate surface area is 161 Å². The standard InChI is InChI=1S/C21H30N2O4/c1-16-3-5-18(6-4-16)27-19-9-13-23(14-10-19)21(25)17-7-11-22(12-8-17)20(24)15-26-2/h3-6,17,19H,7-15H2,1-2H3. The molecule has 6 heteroatoms. The molecule has 0 aromatic heterocycles. The Balaban J connectivity index is 1.42. The van der Waals surface area contributed by atoms with E-state index in [0.717, 1.165) is 44.5 Å². The number of piperidine rings is 2. The van der Waals surface area contributed by atoms with Gasteiger partial charge in [-0.25, -0.2) is 0 Å². The molecule has 0 atom stereocenters. The Morgan fingerprint density at radius 3 is 2.15 bits per heavy atom. The molecule has 0 bridgehead atoms. The topological polar surface area (TPSA) is 59.1 Å². The van der Waals surface area contributed by atoms with E-state index in [2.05, 4.69) is 19.1 Å². The Hall–Kier alpha value is -2.08. The smallest absolute Gasteiger partial charge is 0.248 e. The number of methoxy groups -OCH3 is 1. The van der Waals surface area contributed by atoms with E-state index in [0.29, 0.717) is 13.1 Å². The number of aryl methyl sites for hydroxylation is 1. The van der Waals surface area contributed by atoms with Gasteiger partial charge >= 0.3 is 0 Å². The second-order valence-electron chi connectivity index (χ2n) is 7.54. The minimum absolute atomic E-state index is 0.0115. The molecule has 3 rings (SSSR count). The lowest BCUT2D eigenvalue weighted by atomic mass is 9.94. The first-order valence-electron chi connectivity index (χ1n) is 9.85. The third kappa shape index (κ3) is 5.22. The Bertz CT molecular complexity index is 630. The van der Waals surface area contributed by atoms with Crippen LogP contribution in [0.2, 0.25) is 0 Å². The van der Waals surface area contributed by atoms with E-state index >= 15 is 0 Å². The molecule has 1 aromatic rings. The van der Waals surface area contributed by atoms with Crippen molar-refractivity contribution in [3.8, 4) is 5.75 Å². The van der Waals surface area contributed by atoms with Crippen molar-refractivity contribution in [3.63, 3.8) is 0 Å². The van der Waals surface area contributed by atoms with Crippen LogP contribution in [0, 0.1) is 12.8 Å². The fraction of sp³-hybridized carbons (Fsp3) is 0.619. The molecular weight excluding hydrogens is 344 g/mol. The van der Waals surface area contributed by atoms with Gasteiger partial charge in [-0.2, -0.15) is 0 Å². The summed E-state index contributed by atoms with van der Waals surface area (Å²) in [6.45, 7) is 4.96. The van der Waals surface area contributed by atoms with Crippen LogP contribution in [0.4, 0.5) is 0 Å². The molecular formula is C21H30N2O4. The fourth-order valence-electron chi connectivity index (χ4n) is 3.85. The first-order valence-corrected chi connectivity index (χ1v) is 9.85. The molecule has 0 saturated carbocycles. The number of nitrogens with zero attached hydrogens (tertiary/aromatic N) is 2. The molecule has 2 heterocycles. The summed E-state index contributed by atoms with van der Waals surface area (Å²) in [6.07, 6.45) is 3.39. The van der Waals surface area contributed by atoms with Crippen molar-refractivity contribution in [3.05, 3.63) is 29.8 Å². The third-order valence-electron chi connectivity index (χ3n) is 5.54. The molecule has 2 aliphatic heterocycles. The summed E-state index contributed by atoms with van der Waals surface area (Å²) in [5.74, 6) is 1.18. The van der Waals surface area contributed by atoms with Crippen LogP contribution in [0.3, 0.4) is 0 Å². The van der Waals surface area contributed by atoms with Crippen LogP contribution in [0.25, 0.3) is 0 Å². The highest BCUT2D eigenvalue weighted by Crippen LogP contribution is 2.24. The number of amides is 2. The number of likely N-dealkylation sites (tertiary alicyclic amines) is 2. The zero-order chi connectivity index (χ0) is 19.2. The lowest BCUT2D eigenvalue weighted by Gasteiger charge is -2.37. The van der Waals surface area contributed by atoms with Crippen molar-refractivity contribution >= 4 is 11.8 Å². The van der Waals surface area contributed by atoms with Crippen LogP contribution in [0.15, 0.2) is 24.3 Å². The second-order valence-corrected chi connectivity index (χ2v) is 7.54. The van der Waals surface area contributed by atoms with Gasteiger partial charge in [-0.3, -0.25) is 9.59 Å². The number of hydrogen-bond donors (Lipinski definition) is 0. The number of carbonyl (C=O) groups is 2. The van der Waals surface area contributed by atoms with Gasteiger partial charge in [0, 0.05) is 52.0 Å². The molecule has 0 radical (unpaired) electrons. The highest BCUT2D eigenvalue weighted by Gasteiger charge is 2.32. The third-order valence-corrected chi connectivity index (χ3v) is 5.54. The van der Waals surface area contributed by atoms with E-state index in [1.165, 1.54) is 12.7 Å². The molecule has 2 saturated heterocycles. The molecule has 0 N–H and O–H groups in total. The molecule has 1 aromatic carbocycles. The molecule has 0 spiro atoms. The largest absolute Gasteiger partial charge is 0.490 e. The highest BCUT2D eigenvalue weighted by molar-refractivity contribution is 5.80. The average Bonchev–Trinajstić information content (AvgIpc) is 2.70. The minimum Gasteiger partial charge on any atom is -0.490 e. The van der Waals surface area contributed by atoms with Crippen LogP contribution < -0.4 is 4.74 Å². The first kappa shape index (κ1) is 19.7. The summed E-state index contributed by atoms with van der Waals surface area (Å²) < 4.78 is 11.0. The van der Waals surface area contributed by atoms with Crippen molar-refractivity contribution in [1.29, 1.82) is 0 Å². The van der Waals surface area contributed by atoms with Gasteiger partial charge in [0.1, 0.15) is 18.5 Å². The van der Waals surface area contributed by atoms with E-state index in [1.54, 1.807) is 4.90 Å². The summed E-state index contributed by atoms with van der Waals surface area (Å²) in [5.41, 5.74) is 1.22. The fourth-order valence-corrected chi connectivity index (χ4v) is 3.85. The Morgan fingerprint density at radius 2 is 1.56 bits per heavy atom. The van der Waals surface area contributed by atoms with Crippen LogP contribution in [0.5, 0.6) is 5.75 Å². The highest BCUT2D eigenvalue weighted by atomic mass is 16.5. The van der Waals surface area contributed by atoms with Gasteiger partial charge in [0.05, 0.1) is 0 Å². The summed E-state index contributed by atoms with van der Waals surface area (Å²) in [5, 5.41) is 0. The summed E-state index contributed by atoms with van der Waals surface area (Å²) in [4.78, 5) is 28.5. The summed E-state index contributed by atoms with van der Waals surface area (Å²) in [7, 11) is 1.53. The van der Waals surface area contributed by atoms with Crippen molar-refractivity contribution in [2.75, 3.05) is 39.9 Å². The van der Waals surface area contributed by atoms with Crippen LogP contribution in [0.1, 0.15) is 31.2 Å². The predicted octanol–water partition coefficient (Wildman–Crippen LogP) is 2.25. The van der Waals surface area contributed by atoms with Gasteiger partial charge in [0.2, 0.25) is 11.8 Å². The molecule has 0 aliphatic carbocycles. The number of ether oxygens (including phenoxy) is 2. The molecule has 2 fully saturated rings. The molecule has 0 unspecified atom stereocenters. The Morgan fingerprint density at radius 1 is 0.963 bits per heavy atom. The zero-order valence-electron chi connectivity index (χ0n) is 16.4. The van der Waals surface area contributed by atoms with Gasteiger partial charge in [0.25, 0.3) is 0 Å². The quantitative estimate of drug-likeness (QED) is 0.793. The van der Waals surface area contributed by atoms with E-state index < -0.39 is 0 Å². The van der Waals surface area contributed by atoms with Gasteiger partial charge < -0.3 is 19.3 Å². The van der Waals surface area contributed by atoms with Crippen molar-refractivity contribution in [2.45, 2.75) is 38.7 Å². The van der Waals surface area contributed by atoms with Crippen molar-refractivity contribution in [2.24, 2.45) is 5.92 Å². The second kappa shape index (κ2) is 9.22. The van der Waals surface area contributed by atoms with Gasteiger partial charge in [-0.15, -0.1) is 0 Å². The van der Waals surface area contributed by atoms with Gasteiger partial charge in [0.15, 0.2) is 0 Å². The normalized spacial score (nSPS) is 19.2. The van der Waals surface area contributed by atoms with E-state index in [4.69, 9.17) is 9.47 Å². The molecule has 148 valence electrons. The average molecular weight is 374 g/mol. The maximum atomic E-state index is 12.8. The monoisotopic (exact) mass is 374 g/mol. The van der Waals surface area contributed by atoms with Crippen LogP contribution in [-0.2, 0) is 14.3 Å². The van der Waals surface area contributed by atoms with E-state index in [9.17, 15) is 9.59 Å². The molecule has 6 nitrogen and oxygen atoms in total. The summed E-state index contributed by atoms with van der Waals surface area (Å²) >= 11 is 0. The zero-order valence-corrected chi connectivity index (χ0v) is 16.4. The van der Waals surface area contributed by atoms with Crippen molar-refractivity contribution in [1.82, 2.24) is 9.80 Å². The van der Waals surface area contributed by atoms with Crippen LogP contribution in [-0.4, -0.2) is 67.6 Å². The SMILES string of the molecule is COCC(=O)N1CCC(C(=O)N2CCC(Oc3ccc(C)cc3)CC2)CC1. The summed E-state index contributed by atoms with van der Waals surface area (Å²) in [6, 6.07) is 8.12. The molecule has 2 amide bonds. The number of carbonyl (C=O) groups excluding carboxylic acids is 2.